The van der Waals surface area contributed by atoms with Gasteiger partial charge in [-0.05, 0) is 13.8 Å². The third-order valence-electron chi connectivity index (χ3n) is 0.485. The summed E-state index contributed by atoms with van der Waals surface area (Å²) in [6, 6.07) is 0. The van der Waals surface area contributed by atoms with Gasteiger partial charge in [-0.2, -0.15) is 11.1 Å². The lowest BCUT2D eigenvalue weighted by Gasteiger charge is -1.78. The number of allylic oxidation sites excluding steroid dienone is 1. The van der Waals surface area contributed by atoms with Gasteiger partial charge in [-0.25, -0.2) is 0 Å². The van der Waals surface area contributed by atoms with Gasteiger partial charge in [0.25, 0.3) is 0 Å². The Labute approximate surface area is 45.7 Å². The third kappa shape index (κ3) is 4.25. The Morgan fingerprint density at radius 1 is 1.67 bits per heavy atom. The van der Waals surface area contributed by atoms with Gasteiger partial charge in [0.2, 0.25) is 0 Å². The van der Waals surface area contributed by atoms with Crippen LogP contribution in [0.15, 0.2) is 11.3 Å². The smallest absolute Gasteiger partial charge is 0.148 e. The predicted molar refractivity (Wildman–Crippen MR) is 33.8 cm³/mol. The van der Waals surface area contributed by atoms with E-state index in [-0.39, 0.29) is 8.83 Å². The molecular weight excluding hydrogens is 112 g/mol. The van der Waals surface area contributed by atoms with Crippen LogP contribution in [-0.2, 0) is 0 Å². The van der Waals surface area contributed by atoms with Crippen LogP contribution < -0.4 is 0 Å². The van der Waals surface area contributed by atoms with Crippen LogP contribution in [0, 0.1) is 0 Å². The van der Waals surface area contributed by atoms with Gasteiger partial charge in [-0.3, -0.25) is 0 Å². The van der Waals surface area contributed by atoms with Gasteiger partial charge in [0, 0.05) is 0 Å². The lowest BCUT2D eigenvalue weighted by atomic mass is 10.4. The molecule has 0 aromatic rings. The van der Waals surface area contributed by atoms with Crippen molar-refractivity contribution in [1.82, 2.24) is 0 Å². The number of rotatable bonds is 1. The van der Waals surface area contributed by atoms with Crippen molar-refractivity contribution in [2.24, 2.45) is 0 Å². The lowest BCUT2D eigenvalue weighted by molar-refractivity contribution is 1.41. The van der Waals surface area contributed by atoms with E-state index in [9.17, 15) is 0 Å². The summed E-state index contributed by atoms with van der Waals surface area (Å²) in [5.74, 6) is 0. The van der Waals surface area contributed by atoms with Gasteiger partial charge < -0.3 is 0 Å². The molecule has 0 fully saturated rings. The first-order valence-corrected chi connectivity index (χ1v) is 4.92. The standard InChI is InChI=1S/C4H9ClSi/c1-4(2)3-6-5/h3H,6H2,1-2H3. The van der Waals surface area contributed by atoms with E-state index in [1.807, 2.05) is 0 Å². The largest absolute Gasteiger partial charge is 0.171 e. The van der Waals surface area contributed by atoms with E-state index in [4.69, 9.17) is 11.1 Å². The topological polar surface area (TPSA) is 0 Å². The van der Waals surface area contributed by atoms with E-state index >= 15 is 0 Å². The molecule has 0 radical (unpaired) electrons. The van der Waals surface area contributed by atoms with Gasteiger partial charge in [-0.15, -0.1) is 0 Å². The van der Waals surface area contributed by atoms with Crippen LogP contribution in [0.25, 0.3) is 0 Å². The molecule has 0 bridgehead atoms. The summed E-state index contributed by atoms with van der Waals surface area (Å²) >= 11 is 5.46. The summed E-state index contributed by atoms with van der Waals surface area (Å²) < 4.78 is 0. The highest BCUT2D eigenvalue weighted by molar-refractivity contribution is 6.96. The average molecular weight is 121 g/mol. The fourth-order valence-electron chi connectivity index (χ4n) is 0.154. The Hall–Kier alpha value is 0.247. The molecule has 0 spiro atoms. The van der Waals surface area contributed by atoms with Crippen molar-refractivity contribution < 1.29 is 0 Å². The molecule has 0 N–H and O–H groups in total. The van der Waals surface area contributed by atoms with Crippen molar-refractivity contribution in [1.29, 1.82) is 0 Å². The van der Waals surface area contributed by atoms with Gasteiger partial charge in [0.15, 0.2) is 0 Å². The van der Waals surface area contributed by atoms with Crippen LogP contribution in [-0.4, -0.2) is 8.83 Å². The Morgan fingerprint density at radius 2 is 2.17 bits per heavy atom. The first kappa shape index (κ1) is 6.25. The zero-order valence-electron chi connectivity index (χ0n) is 4.16. The highest BCUT2D eigenvalue weighted by Gasteiger charge is 1.70. The Balaban J connectivity index is 3.14. The molecule has 2 heteroatoms. The molecule has 0 aliphatic carbocycles. The highest BCUT2D eigenvalue weighted by atomic mass is 35.6. The SMILES string of the molecule is CC(C)=C[SiH2]Cl. The molecule has 0 aromatic heterocycles. The van der Waals surface area contributed by atoms with Crippen LogP contribution in [0.2, 0.25) is 0 Å². The summed E-state index contributed by atoms with van der Waals surface area (Å²) in [7, 11) is -0.323. The van der Waals surface area contributed by atoms with E-state index in [0.717, 1.165) is 0 Å². The zero-order chi connectivity index (χ0) is 4.99. The molecule has 0 heterocycles. The molecule has 36 valence electrons. The minimum absolute atomic E-state index is 0.323. The van der Waals surface area contributed by atoms with E-state index in [1.165, 1.54) is 5.57 Å². The lowest BCUT2D eigenvalue weighted by Crippen LogP contribution is -1.67. The fraction of sp³-hybridized carbons (Fsp3) is 0.500. The molecule has 0 amide bonds. The number of halogens is 1. The van der Waals surface area contributed by atoms with Gasteiger partial charge in [-0.1, -0.05) is 11.3 Å². The number of hydrogen-bond donors (Lipinski definition) is 0. The summed E-state index contributed by atoms with van der Waals surface area (Å²) in [5, 5.41) is 0. The van der Waals surface area contributed by atoms with Crippen molar-refractivity contribution in [2.75, 3.05) is 0 Å². The average Bonchev–Trinajstić information content (AvgIpc) is 1.35. The van der Waals surface area contributed by atoms with Crippen molar-refractivity contribution in [3.8, 4) is 0 Å². The molecule has 0 unspecified atom stereocenters. The Kier molecular flexibility index (Phi) is 3.58. The second-order valence-corrected chi connectivity index (χ2v) is 3.08. The van der Waals surface area contributed by atoms with E-state index < -0.39 is 0 Å². The van der Waals surface area contributed by atoms with Crippen LogP contribution in [0.3, 0.4) is 0 Å². The molecule has 0 aliphatic rings. The molecule has 0 saturated heterocycles. The van der Waals surface area contributed by atoms with Crippen LogP contribution >= 0.6 is 11.1 Å². The van der Waals surface area contributed by atoms with Gasteiger partial charge >= 0.3 is 0 Å². The maximum absolute atomic E-state index is 5.46. The Morgan fingerprint density at radius 3 is 2.17 bits per heavy atom. The highest BCUT2D eigenvalue weighted by Crippen LogP contribution is 1.85. The molecule has 0 rings (SSSR count). The third-order valence-corrected chi connectivity index (χ3v) is 1.92. The van der Waals surface area contributed by atoms with E-state index in [1.54, 1.807) is 0 Å². The monoisotopic (exact) mass is 120 g/mol. The molecular formula is C4H9ClSi. The fourth-order valence-corrected chi connectivity index (χ4v) is 1.39. The second-order valence-electron chi connectivity index (χ2n) is 1.44. The van der Waals surface area contributed by atoms with Crippen LogP contribution in [0.4, 0.5) is 0 Å². The van der Waals surface area contributed by atoms with E-state index in [0.29, 0.717) is 0 Å². The Bertz CT molecular complexity index is 54.6. The first-order valence-electron chi connectivity index (χ1n) is 1.96. The minimum atomic E-state index is -0.323. The summed E-state index contributed by atoms with van der Waals surface area (Å²) in [5.41, 5.74) is 3.46. The molecule has 0 aliphatic heterocycles. The van der Waals surface area contributed by atoms with Gasteiger partial charge in [0.1, 0.15) is 8.83 Å². The predicted octanol–water partition coefficient (Wildman–Crippen LogP) is 1.23. The molecule has 0 aromatic carbocycles. The van der Waals surface area contributed by atoms with Crippen molar-refractivity contribution in [3.05, 3.63) is 11.3 Å². The second kappa shape index (κ2) is 3.44. The summed E-state index contributed by atoms with van der Waals surface area (Å²) in [4.78, 5) is 0. The summed E-state index contributed by atoms with van der Waals surface area (Å²) in [6.45, 7) is 4.13. The maximum Gasteiger partial charge on any atom is 0.148 e. The normalized spacial score (nSPS) is 9.83. The molecule has 0 nitrogen and oxygen atoms in total. The number of hydrogen-bond acceptors (Lipinski definition) is 0. The van der Waals surface area contributed by atoms with Gasteiger partial charge in [0.05, 0.1) is 0 Å². The minimum Gasteiger partial charge on any atom is -0.171 e. The summed E-state index contributed by atoms with van der Waals surface area (Å²) in [6.07, 6.45) is 0. The maximum atomic E-state index is 5.46. The first-order chi connectivity index (χ1) is 2.77. The van der Waals surface area contributed by atoms with Crippen molar-refractivity contribution in [2.45, 2.75) is 13.8 Å². The van der Waals surface area contributed by atoms with Crippen molar-refractivity contribution >= 4 is 19.9 Å². The van der Waals surface area contributed by atoms with Crippen LogP contribution in [0.5, 0.6) is 0 Å². The zero-order valence-corrected chi connectivity index (χ0v) is 6.33. The molecule has 0 atom stereocenters. The quantitative estimate of drug-likeness (QED) is 0.361. The van der Waals surface area contributed by atoms with E-state index in [2.05, 4.69) is 19.5 Å². The van der Waals surface area contributed by atoms with Crippen LogP contribution in [0.1, 0.15) is 13.8 Å². The molecule has 0 saturated carbocycles. The molecule has 6 heavy (non-hydrogen) atoms. The van der Waals surface area contributed by atoms with Crippen molar-refractivity contribution in [3.63, 3.8) is 0 Å².